The topological polar surface area (TPSA) is 40.7 Å². The van der Waals surface area contributed by atoms with Gasteiger partial charge in [0.25, 0.3) is 6.43 Å². The molecule has 0 aliphatic heterocycles. The summed E-state index contributed by atoms with van der Waals surface area (Å²) in [4.78, 5) is 7.01. The van der Waals surface area contributed by atoms with E-state index in [1.165, 1.54) is 18.2 Å². The van der Waals surface area contributed by atoms with E-state index < -0.39 is 6.43 Å². The third kappa shape index (κ3) is 2.36. The van der Waals surface area contributed by atoms with Gasteiger partial charge in [0, 0.05) is 40.1 Å². The molecule has 0 fully saturated rings. The Morgan fingerprint density at radius 3 is 2.62 bits per heavy atom. The Morgan fingerprint density at radius 1 is 0.958 bits per heavy atom. The van der Waals surface area contributed by atoms with Crippen molar-refractivity contribution in [3.8, 4) is 0 Å². The van der Waals surface area contributed by atoms with Gasteiger partial charge in [-0.15, -0.1) is 0 Å². The van der Waals surface area contributed by atoms with E-state index in [1.807, 2.05) is 0 Å². The molecule has 4 aromatic rings. The van der Waals surface area contributed by atoms with Gasteiger partial charge in [-0.2, -0.15) is 0 Å². The Morgan fingerprint density at radius 2 is 1.79 bits per heavy atom. The van der Waals surface area contributed by atoms with Gasteiger partial charge in [0.15, 0.2) is 0 Å². The number of aromatic amines is 1. The van der Waals surface area contributed by atoms with Crippen LogP contribution in [0, 0.1) is 5.82 Å². The van der Waals surface area contributed by atoms with Crippen LogP contribution in [0.3, 0.4) is 0 Å². The molecule has 24 heavy (non-hydrogen) atoms. The van der Waals surface area contributed by atoms with Crippen LogP contribution in [0.25, 0.3) is 21.8 Å². The first-order chi connectivity index (χ1) is 11.6. The molecule has 120 valence electrons. The zero-order chi connectivity index (χ0) is 16.7. The van der Waals surface area contributed by atoms with Crippen molar-refractivity contribution < 1.29 is 13.2 Å². The molecule has 0 aliphatic rings. The number of alkyl halides is 2. The molecule has 0 spiro atoms. The molecule has 0 saturated carbocycles. The Hall–Kier alpha value is -3.02. The highest BCUT2D eigenvalue weighted by molar-refractivity contribution is 5.99. The summed E-state index contributed by atoms with van der Waals surface area (Å²) in [6.45, 7) is 0. The molecular formula is C18H12F3N3. The summed E-state index contributed by atoms with van der Waals surface area (Å²) in [5, 5.41) is 4.67. The molecule has 3 nitrogen and oxygen atoms in total. The van der Waals surface area contributed by atoms with Gasteiger partial charge in [0.1, 0.15) is 5.82 Å². The van der Waals surface area contributed by atoms with Gasteiger partial charge in [-0.3, -0.25) is 4.98 Å². The fourth-order valence-electron chi connectivity index (χ4n) is 2.79. The van der Waals surface area contributed by atoms with Gasteiger partial charge in [0.05, 0.1) is 11.0 Å². The van der Waals surface area contributed by atoms with E-state index in [4.69, 9.17) is 0 Å². The maximum absolute atomic E-state index is 13.8. The van der Waals surface area contributed by atoms with E-state index in [2.05, 4.69) is 15.3 Å². The molecule has 6 heteroatoms. The summed E-state index contributed by atoms with van der Waals surface area (Å²) in [6.07, 6.45) is 0.681. The van der Waals surface area contributed by atoms with Gasteiger partial charge in [-0.1, -0.05) is 12.1 Å². The molecule has 0 unspecified atom stereocenters. The monoisotopic (exact) mass is 327 g/mol. The summed E-state index contributed by atoms with van der Waals surface area (Å²) in [7, 11) is 0. The number of halogens is 3. The highest BCUT2D eigenvalue weighted by atomic mass is 19.3. The predicted molar refractivity (Wildman–Crippen MR) is 88.2 cm³/mol. The minimum atomic E-state index is -2.54. The van der Waals surface area contributed by atoms with Crippen molar-refractivity contribution in [1.82, 2.24) is 9.97 Å². The molecule has 4 rings (SSSR count). The number of aromatic nitrogens is 2. The van der Waals surface area contributed by atoms with Crippen LogP contribution in [0.5, 0.6) is 0 Å². The van der Waals surface area contributed by atoms with Crippen LogP contribution < -0.4 is 5.32 Å². The van der Waals surface area contributed by atoms with Gasteiger partial charge in [-0.25, -0.2) is 13.2 Å². The molecule has 0 bridgehead atoms. The van der Waals surface area contributed by atoms with Crippen molar-refractivity contribution in [3.63, 3.8) is 0 Å². The number of H-pyrrole nitrogens is 1. The first-order valence-electron chi connectivity index (χ1n) is 7.33. The largest absolute Gasteiger partial charge is 0.359 e. The van der Waals surface area contributed by atoms with E-state index in [0.29, 0.717) is 16.4 Å². The number of nitrogens with one attached hydrogen (secondary N) is 2. The summed E-state index contributed by atoms with van der Waals surface area (Å²) in [5.74, 6) is -0.332. The first kappa shape index (κ1) is 14.6. The predicted octanol–water partition coefficient (Wildman–Crippen LogP) is 5.54. The van der Waals surface area contributed by atoms with Gasteiger partial charge >= 0.3 is 0 Å². The Labute approximate surface area is 135 Å². The zero-order valence-corrected chi connectivity index (χ0v) is 12.4. The van der Waals surface area contributed by atoms with Crippen molar-refractivity contribution in [1.29, 1.82) is 0 Å². The highest BCUT2D eigenvalue weighted by Gasteiger charge is 2.11. The molecule has 2 aromatic carbocycles. The molecule has 2 aromatic heterocycles. The number of anilines is 2. The van der Waals surface area contributed by atoms with Gasteiger partial charge < -0.3 is 10.3 Å². The molecule has 2 heterocycles. The van der Waals surface area contributed by atoms with E-state index in [9.17, 15) is 13.2 Å². The van der Waals surface area contributed by atoms with Crippen LogP contribution in [0.4, 0.5) is 24.5 Å². The highest BCUT2D eigenvalue weighted by Crippen LogP contribution is 2.32. The second-order valence-corrected chi connectivity index (χ2v) is 5.42. The Bertz CT molecular complexity index is 1040. The maximum atomic E-state index is 13.8. The third-order valence-electron chi connectivity index (χ3n) is 3.96. The maximum Gasteiger partial charge on any atom is 0.263 e. The fourth-order valence-corrected chi connectivity index (χ4v) is 2.79. The second kappa shape index (κ2) is 5.56. The lowest BCUT2D eigenvalue weighted by atomic mass is 10.1. The number of nitrogens with zero attached hydrogens (tertiary/aromatic N) is 1. The van der Waals surface area contributed by atoms with Crippen LogP contribution in [-0.4, -0.2) is 9.97 Å². The quantitative estimate of drug-likeness (QED) is 0.519. The van der Waals surface area contributed by atoms with Crippen molar-refractivity contribution in [2.24, 2.45) is 0 Å². The van der Waals surface area contributed by atoms with E-state index in [1.54, 1.807) is 36.7 Å². The minimum absolute atomic E-state index is 0.0676. The average molecular weight is 327 g/mol. The molecular weight excluding hydrogens is 315 g/mol. The smallest absolute Gasteiger partial charge is 0.263 e. The summed E-state index contributed by atoms with van der Waals surface area (Å²) >= 11 is 0. The minimum Gasteiger partial charge on any atom is -0.359 e. The normalized spacial score (nSPS) is 11.5. The van der Waals surface area contributed by atoms with Crippen LogP contribution in [0.15, 0.2) is 54.9 Å². The summed E-state index contributed by atoms with van der Waals surface area (Å²) in [6, 6.07) is 10.9. The van der Waals surface area contributed by atoms with Crippen molar-refractivity contribution in [3.05, 3.63) is 66.2 Å². The molecule has 0 atom stereocenters. The average Bonchev–Trinajstić information content (AvgIpc) is 3.08. The molecule has 0 radical (unpaired) electrons. The molecule has 0 amide bonds. The van der Waals surface area contributed by atoms with Gasteiger partial charge in [0.2, 0.25) is 0 Å². The first-order valence-corrected chi connectivity index (χ1v) is 7.33. The van der Waals surface area contributed by atoms with Crippen molar-refractivity contribution in [2.75, 3.05) is 5.32 Å². The summed E-state index contributed by atoms with van der Waals surface area (Å²) < 4.78 is 39.4. The number of pyridine rings is 1. The molecule has 0 saturated heterocycles. The number of hydrogen-bond donors (Lipinski definition) is 2. The standard InChI is InChI=1S/C18H12F3N3/c19-13-3-4-14(12-5-7-23-17(12)13)24-15-6-8-22-16-9-10(18(20)21)1-2-11(15)16/h1-9,18,23H,(H,22,24). The van der Waals surface area contributed by atoms with Crippen LogP contribution in [-0.2, 0) is 0 Å². The number of benzene rings is 2. The van der Waals surface area contributed by atoms with Crippen LogP contribution in [0.1, 0.15) is 12.0 Å². The second-order valence-electron chi connectivity index (χ2n) is 5.42. The number of rotatable bonds is 3. The van der Waals surface area contributed by atoms with E-state index >= 15 is 0 Å². The van der Waals surface area contributed by atoms with Crippen molar-refractivity contribution in [2.45, 2.75) is 6.43 Å². The third-order valence-corrected chi connectivity index (χ3v) is 3.96. The fraction of sp³-hybridized carbons (Fsp3) is 0.0556. The number of hydrogen-bond acceptors (Lipinski definition) is 2. The van der Waals surface area contributed by atoms with E-state index in [-0.39, 0.29) is 11.4 Å². The zero-order valence-electron chi connectivity index (χ0n) is 12.4. The SMILES string of the molecule is Fc1ccc(Nc2ccnc3cc(C(F)F)ccc23)c2cc[nH]c12. The lowest BCUT2D eigenvalue weighted by molar-refractivity contribution is 0.151. The van der Waals surface area contributed by atoms with E-state index in [0.717, 1.165) is 16.8 Å². The lowest BCUT2D eigenvalue weighted by Crippen LogP contribution is -1.95. The number of fused-ring (bicyclic) bond motifs is 2. The van der Waals surface area contributed by atoms with Gasteiger partial charge in [-0.05, 0) is 30.3 Å². The Balaban J connectivity index is 1.82. The van der Waals surface area contributed by atoms with Crippen LogP contribution in [0.2, 0.25) is 0 Å². The van der Waals surface area contributed by atoms with Crippen molar-refractivity contribution >= 4 is 33.2 Å². The van der Waals surface area contributed by atoms with Crippen LogP contribution >= 0.6 is 0 Å². The Kier molecular flexibility index (Phi) is 3.37. The summed E-state index contributed by atoms with van der Waals surface area (Å²) in [5.41, 5.74) is 2.26. The lowest BCUT2D eigenvalue weighted by Gasteiger charge is -2.11. The molecule has 0 aliphatic carbocycles. The molecule has 2 N–H and O–H groups in total.